The quantitative estimate of drug-likeness (QED) is 0.578. The van der Waals surface area contributed by atoms with E-state index in [1.54, 1.807) is 4.90 Å². The number of fused-ring (bicyclic) bond motifs is 3. The molecule has 4 aliphatic rings. The number of para-hydroxylation sites is 2. The lowest BCUT2D eigenvalue weighted by Crippen LogP contribution is -2.55. The number of carboxylic acids is 1. The fourth-order valence-electron chi connectivity index (χ4n) is 8.11. The van der Waals surface area contributed by atoms with E-state index in [0.717, 1.165) is 48.7 Å². The minimum atomic E-state index is -0.878. The minimum Gasteiger partial charge on any atom is -0.480 e. The number of piperidine rings is 1. The van der Waals surface area contributed by atoms with E-state index in [4.69, 9.17) is 0 Å². The summed E-state index contributed by atoms with van der Waals surface area (Å²) in [5, 5.41) is 9.63. The predicted molar refractivity (Wildman–Crippen MR) is 146 cm³/mol. The first-order chi connectivity index (χ1) is 18.0. The molecule has 1 N–H and O–H groups in total. The van der Waals surface area contributed by atoms with Crippen molar-refractivity contribution < 1.29 is 9.90 Å². The largest absolute Gasteiger partial charge is 0.480 e. The summed E-state index contributed by atoms with van der Waals surface area (Å²) in [5.74, 6) is 1.23. The number of hydrogen-bond donors (Lipinski definition) is 1. The maximum Gasteiger partial charge on any atom is 0.326 e. The summed E-state index contributed by atoms with van der Waals surface area (Å²) in [4.78, 5) is 34.9. The van der Waals surface area contributed by atoms with Crippen LogP contribution in [0.15, 0.2) is 29.1 Å². The van der Waals surface area contributed by atoms with Gasteiger partial charge in [0.15, 0.2) is 5.82 Å². The number of likely N-dealkylation sites (tertiary alicyclic amines) is 1. The molecule has 6 atom stereocenters. The molecule has 1 aromatic heterocycles. The highest BCUT2D eigenvalue weighted by molar-refractivity contribution is 5.81. The Bertz CT molecular complexity index is 1180. The van der Waals surface area contributed by atoms with E-state index < -0.39 is 12.0 Å². The number of carboxylic acid groups (broad SMARTS) is 1. The van der Waals surface area contributed by atoms with Crippen LogP contribution in [0.4, 0.5) is 5.82 Å². The number of aromatic nitrogens is 2. The normalized spacial score (nSPS) is 32.6. The van der Waals surface area contributed by atoms with Gasteiger partial charge in [-0.2, -0.15) is 0 Å². The van der Waals surface area contributed by atoms with Crippen molar-refractivity contribution in [1.29, 1.82) is 0 Å². The Labute approximate surface area is 219 Å². The van der Waals surface area contributed by atoms with Crippen LogP contribution in [0.3, 0.4) is 0 Å². The summed E-state index contributed by atoms with van der Waals surface area (Å²) in [5.41, 5.74) is 1.53. The predicted octanol–water partition coefficient (Wildman–Crippen LogP) is 5.22. The van der Waals surface area contributed by atoms with Crippen molar-refractivity contribution in [2.45, 2.75) is 108 Å². The van der Waals surface area contributed by atoms with Gasteiger partial charge in [0.25, 0.3) is 5.56 Å². The molecule has 2 aliphatic carbocycles. The SMILES string of the molecule is CCC[C@@H]1C[C@H](n2c(=O)c(N3CC[C@H]3C(=O)O)nc3ccccc32)CCN1[C@@H]1C[C@@H]2CCCC[C@@H](C2)C1. The average molecular weight is 507 g/mol. The van der Waals surface area contributed by atoms with Gasteiger partial charge in [0, 0.05) is 31.2 Å². The van der Waals surface area contributed by atoms with E-state index in [0.29, 0.717) is 30.9 Å². The summed E-state index contributed by atoms with van der Waals surface area (Å²) in [6, 6.07) is 8.53. The van der Waals surface area contributed by atoms with Gasteiger partial charge in [-0.1, -0.05) is 51.2 Å². The van der Waals surface area contributed by atoms with Crippen LogP contribution in [0.25, 0.3) is 11.0 Å². The first kappa shape index (κ1) is 24.9. The highest BCUT2D eigenvalue weighted by Gasteiger charge is 2.41. The van der Waals surface area contributed by atoms with Crippen molar-refractivity contribution in [3.63, 3.8) is 0 Å². The van der Waals surface area contributed by atoms with Crippen molar-refractivity contribution in [2.75, 3.05) is 18.0 Å². The Balaban J connectivity index is 1.31. The topological polar surface area (TPSA) is 78.7 Å². The lowest BCUT2D eigenvalue weighted by molar-refractivity contribution is -0.140. The molecular formula is C30H42N4O3. The molecule has 0 unspecified atom stereocenters. The summed E-state index contributed by atoms with van der Waals surface area (Å²) in [6.07, 6.45) is 14.6. The van der Waals surface area contributed by atoms with E-state index in [-0.39, 0.29) is 11.6 Å². The fourth-order valence-corrected chi connectivity index (χ4v) is 8.11. The summed E-state index contributed by atoms with van der Waals surface area (Å²) >= 11 is 0. The van der Waals surface area contributed by atoms with Crippen LogP contribution in [-0.2, 0) is 4.79 Å². The van der Waals surface area contributed by atoms with Crippen molar-refractivity contribution >= 4 is 22.8 Å². The smallest absolute Gasteiger partial charge is 0.326 e. The first-order valence-corrected chi connectivity index (χ1v) is 14.8. The third kappa shape index (κ3) is 4.68. The number of benzene rings is 1. The molecular weight excluding hydrogens is 464 g/mol. The Morgan fingerprint density at radius 1 is 0.973 bits per heavy atom. The molecule has 200 valence electrons. The van der Waals surface area contributed by atoms with Crippen molar-refractivity contribution in [2.24, 2.45) is 11.8 Å². The molecule has 4 fully saturated rings. The van der Waals surface area contributed by atoms with Crippen LogP contribution in [0.5, 0.6) is 0 Å². The van der Waals surface area contributed by atoms with Gasteiger partial charge in [-0.15, -0.1) is 0 Å². The maximum absolute atomic E-state index is 14.0. The lowest BCUT2D eigenvalue weighted by atomic mass is 9.76. The fraction of sp³-hybridized carbons (Fsp3) is 0.700. The summed E-state index contributed by atoms with van der Waals surface area (Å²) < 4.78 is 1.98. The molecule has 3 heterocycles. The standard InChI is InChI=1S/C30H42N4O3/c1-2-7-22-19-23(12-14-32(22)24-17-20-8-3-4-9-21(16-20)18-24)34-26-11-6-5-10-25(26)31-28(29(34)35)33-15-13-27(33)30(36)37/h5-6,10-11,20-24,27H,2-4,7-9,12-19H2,1H3,(H,36,37)/t20-,21+,22-,23-,24-,27+/m1/s1. The number of nitrogens with zero attached hydrogens (tertiary/aromatic N) is 4. The van der Waals surface area contributed by atoms with E-state index in [1.807, 2.05) is 28.8 Å². The second kappa shape index (κ2) is 10.4. The Hall–Kier alpha value is -2.41. The zero-order valence-corrected chi connectivity index (χ0v) is 22.2. The zero-order valence-electron chi connectivity index (χ0n) is 22.2. The van der Waals surface area contributed by atoms with Crippen LogP contribution >= 0.6 is 0 Å². The summed E-state index contributed by atoms with van der Waals surface area (Å²) in [6.45, 7) is 3.89. The minimum absolute atomic E-state index is 0.113. The zero-order chi connectivity index (χ0) is 25.5. The number of anilines is 1. The number of aliphatic carboxylic acids is 1. The van der Waals surface area contributed by atoms with Crippen LogP contribution in [0, 0.1) is 11.8 Å². The number of carbonyl (C=O) groups is 1. The average Bonchev–Trinajstić information content (AvgIpc) is 3.03. The van der Waals surface area contributed by atoms with E-state index in [1.165, 1.54) is 51.4 Å². The van der Waals surface area contributed by atoms with Crippen LogP contribution < -0.4 is 10.5 Å². The van der Waals surface area contributed by atoms with Crippen LogP contribution in [0.2, 0.25) is 0 Å². The molecule has 7 heteroatoms. The molecule has 0 spiro atoms. The molecule has 1 aromatic carbocycles. The molecule has 7 nitrogen and oxygen atoms in total. The van der Waals surface area contributed by atoms with Gasteiger partial charge in [0.1, 0.15) is 6.04 Å². The third-order valence-corrected chi connectivity index (χ3v) is 9.90. The van der Waals surface area contributed by atoms with Gasteiger partial charge < -0.3 is 14.6 Å². The van der Waals surface area contributed by atoms with Gasteiger partial charge in [-0.3, -0.25) is 9.69 Å². The van der Waals surface area contributed by atoms with Gasteiger partial charge in [-0.05, 0) is 68.9 Å². The van der Waals surface area contributed by atoms with Crippen molar-refractivity contribution in [1.82, 2.24) is 14.5 Å². The third-order valence-electron chi connectivity index (χ3n) is 9.90. The number of hydrogen-bond acceptors (Lipinski definition) is 5. The van der Waals surface area contributed by atoms with Gasteiger partial charge >= 0.3 is 5.97 Å². The van der Waals surface area contributed by atoms with E-state index in [9.17, 15) is 14.7 Å². The molecule has 6 rings (SSSR count). The molecule has 37 heavy (non-hydrogen) atoms. The molecule has 2 aromatic rings. The first-order valence-electron chi connectivity index (χ1n) is 14.8. The van der Waals surface area contributed by atoms with Crippen molar-refractivity contribution in [3.05, 3.63) is 34.6 Å². The van der Waals surface area contributed by atoms with Crippen LogP contribution in [-0.4, -0.2) is 56.7 Å². The maximum atomic E-state index is 14.0. The molecule has 2 bridgehead atoms. The molecule has 0 amide bonds. The van der Waals surface area contributed by atoms with Crippen molar-refractivity contribution in [3.8, 4) is 0 Å². The monoisotopic (exact) mass is 506 g/mol. The Kier molecular flexibility index (Phi) is 6.99. The number of rotatable bonds is 6. The summed E-state index contributed by atoms with van der Waals surface area (Å²) in [7, 11) is 0. The second-order valence-electron chi connectivity index (χ2n) is 12.2. The lowest BCUT2D eigenvalue weighted by Gasteiger charge is -2.48. The molecule has 0 radical (unpaired) electrons. The Morgan fingerprint density at radius 2 is 1.73 bits per heavy atom. The molecule has 2 saturated carbocycles. The highest BCUT2D eigenvalue weighted by Crippen LogP contribution is 2.43. The van der Waals surface area contributed by atoms with Gasteiger partial charge in [-0.25, -0.2) is 9.78 Å². The van der Waals surface area contributed by atoms with E-state index >= 15 is 0 Å². The molecule has 2 aliphatic heterocycles. The van der Waals surface area contributed by atoms with Gasteiger partial charge in [0.05, 0.1) is 11.0 Å². The van der Waals surface area contributed by atoms with Gasteiger partial charge in [0.2, 0.25) is 0 Å². The van der Waals surface area contributed by atoms with Crippen LogP contribution in [0.1, 0.15) is 90.0 Å². The molecule has 2 saturated heterocycles. The Morgan fingerprint density at radius 3 is 2.41 bits per heavy atom. The van der Waals surface area contributed by atoms with E-state index in [2.05, 4.69) is 16.8 Å². The second-order valence-corrected chi connectivity index (χ2v) is 12.2. The highest BCUT2D eigenvalue weighted by atomic mass is 16.4.